The first-order valence-corrected chi connectivity index (χ1v) is 4.60. The summed E-state index contributed by atoms with van der Waals surface area (Å²) < 4.78 is 13.1. The molecular formula is C10H10FN5. The van der Waals surface area contributed by atoms with Crippen LogP contribution in [-0.4, -0.2) is 15.0 Å². The van der Waals surface area contributed by atoms with E-state index in [4.69, 9.17) is 11.5 Å². The van der Waals surface area contributed by atoms with Crippen LogP contribution in [0.15, 0.2) is 18.2 Å². The van der Waals surface area contributed by atoms with Gasteiger partial charge >= 0.3 is 0 Å². The first-order chi connectivity index (χ1) is 7.56. The van der Waals surface area contributed by atoms with Crippen molar-refractivity contribution in [3.63, 3.8) is 0 Å². The number of nitrogens with two attached hydrogens (primary N) is 2. The van der Waals surface area contributed by atoms with E-state index in [-0.39, 0.29) is 17.7 Å². The Labute approximate surface area is 91.4 Å². The van der Waals surface area contributed by atoms with Crippen molar-refractivity contribution in [3.8, 4) is 11.4 Å². The summed E-state index contributed by atoms with van der Waals surface area (Å²) in [5.74, 6) is 0.154. The van der Waals surface area contributed by atoms with Crippen LogP contribution in [0.5, 0.6) is 0 Å². The molecule has 0 aliphatic heterocycles. The Morgan fingerprint density at radius 1 is 1.06 bits per heavy atom. The van der Waals surface area contributed by atoms with Crippen LogP contribution in [0.4, 0.5) is 16.3 Å². The second kappa shape index (κ2) is 3.73. The zero-order valence-electron chi connectivity index (χ0n) is 8.61. The summed E-state index contributed by atoms with van der Waals surface area (Å²) in [5.41, 5.74) is 12.1. The van der Waals surface area contributed by atoms with E-state index in [9.17, 15) is 4.39 Å². The molecule has 0 unspecified atom stereocenters. The minimum Gasteiger partial charge on any atom is -0.368 e. The fourth-order valence-corrected chi connectivity index (χ4v) is 1.32. The molecule has 6 heteroatoms. The van der Waals surface area contributed by atoms with Gasteiger partial charge in [0.05, 0.1) is 0 Å². The van der Waals surface area contributed by atoms with Gasteiger partial charge < -0.3 is 11.5 Å². The molecule has 16 heavy (non-hydrogen) atoms. The Hall–Kier alpha value is -2.24. The molecule has 2 rings (SSSR count). The van der Waals surface area contributed by atoms with Gasteiger partial charge in [-0.3, -0.25) is 0 Å². The Morgan fingerprint density at radius 2 is 1.69 bits per heavy atom. The maximum absolute atomic E-state index is 13.1. The zero-order valence-corrected chi connectivity index (χ0v) is 8.61. The number of nitrogen functional groups attached to an aromatic ring is 2. The molecule has 1 heterocycles. The molecule has 0 atom stereocenters. The molecule has 2 aromatic rings. The van der Waals surface area contributed by atoms with Crippen LogP contribution in [0.3, 0.4) is 0 Å². The van der Waals surface area contributed by atoms with Gasteiger partial charge in [-0.15, -0.1) is 0 Å². The van der Waals surface area contributed by atoms with Gasteiger partial charge in [0.15, 0.2) is 5.82 Å². The number of anilines is 2. The third-order valence-electron chi connectivity index (χ3n) is 2.09. The van der Waals surface area contributed by atoms with E-state index in [1.54, 1.807) is 19.1 Å². The maximum Gasteiger partial charge on any atom is 0.225 e. The standard InChI is InChI=1S/C10H10FN5/c1-5-4-6(2-3-7(5)11)8-14-9(12)16-10(13)15-8/h2-4H,1H3,(H4,12,13,14,15,16). The lowest BCUT2D eigenvalue weighted by Gasteiger charge is -2.03. The Bertz CT molecular complexity index is 520. The van der Waals surface area contributed by atoms with E-state index < -0.39 is 0 Å². The Balaban J connectivity index is 2.54. The Morgan fingerprint density at radius 3 is 2.25 bits per heavy atom. The average Bonchev–Trinajstić information content (AvgIpc) is 2.20. The molecule has 0 amide bonds. The van der Waals surface area contributed by atoms with Crippen molar-refractivity contribution in [1.82, 2.24) is 15.0 Å². The highest BCUT2D eigenvalue weighted by Crippen LogP contribution is 2.19. The zero-order chi connectivity index (χ0) is 11.7. The molecule has 0 saturated heterocycles. The van der Waals surface area contributed by atoms with Crippen molar-refractivity contribution in [2.24, 2.45) is 0 Å². The molecular weight excluding hydrogens is 209 g/mol. The molecule has 0 saturated carbocycles. The maximum atomic E-state index is 13.1. The van der Waals surface area contributed by atoms with Crippen molar-refractivity contribution in [2.75, 3.05) is 11.5 Å². The van der Waals surface area contributed by atoms with Crippen LogP contribution < -0.4 is 11.5 Å². The summed E-state index contributed by atoms with van der Waals surface area (Å²) >= 11 is 0. The van der Waals surface area contributed by atoms with E-state index in [2.05, 4.69) is 15.0 Å². The van der Waals surface area contributed by atoms with Crippen LogP contribution in [0.25, 0.3) is 11.4 Å². The molecule has 1 aromatic heterocycles. The quantitative estimate of drug-likeness (QED) is 0.750. The molecule has 0 spiro atoms. The molecule has 5 nitrogen and oxygen atoms in total. The van der Waals surface area contributed by atoms with E-state index in [0.717, 1.165) is 0 Å². The molecule has 0 aliphatic carbocycles. The summed E-state index contributed by atoms with van der Waals surface area (Å²) in [4.78, 5) is 11.5. The fraction of sp³-hybridized carbons (Fsp3) is 0.100. The van der Waals surface area contributed by atoms with Gasteiger partial charge in [0.25, 0.3) is 0 Å². The van der Waals surface area contributed by atoms with Gasteiger partial charge in [-0.05, 0) is 30.7 Å². The van der Waals surface area contributed by atoms with Crippen LogP contribution >= 0.6 is 0 Å². The van der Waals surface area contributed by atoms with Crippen LogP contribution in [0, 0.1) is 12.7 Å². The summed E-state index contributed by atoms with van der Waals surface area (Å²) in [5, 5.41) is 0. The van der Waals surface area contributed by atoms with Crippen LogP contribution in [0.2, 0.25) is 0 Å². The predicted octanol–water partition coefficient (Wildman–Crippen LogP) is 1.15. The highest BCUT2D eigenvalue weighted by Gasteiger charge is 2.06. The minimum atomic E-state index is -0.279. The summed E-state index contributed by atoms with van der Waals surface area (Å²) in [6, 6.07) is 4.54. The number of rotatable bonds is 1. The molecule has 0 fully saturated rings. The van der Waals surface area contributed by atoms with Gasteiger partial charge in [0.1, 0.15) is 5.82 Å². The van der Waals surface area contributed by atoms with Crippen LogP contribution in [-0.2, 0) is 0 Å². The van der Waals surface area contributed by atoms with Crippen molar-refractivity contribution >= 4 is 11.9 Å². The number of aryl methyl sites for hydroxylation is 1. The molecule has 0 radical (unpaired) electrons. The number of hydrogen-bond acceptors (Lipinski definition) is 5. The lowest BCUT2D eigenvalue weighted by molar-refractivity contribution is 0.618. The normalized spacial score (nSPS) is 10.4. The monoisotopic (exact) mass is 219 g/mol. The molecule has 1 aromatic carbocycles. The first-order valence-electron chi connectivity index (χ1n) is 4.60. The third-order valence-corrected chi connectivity index (χ3v) is 2.09. The third kappa shape index (κ3) is 1.90. The van der Waals surface area contributed by atoms with Crippen molar-refractivity contribution in [1.29, 1.82) is 0 Å². The van der Waals surface area contributed by atoms with Crippen molar-refractivity contribution in [3.05, 3.63) is 29.6 Å². The minimum absolute atomic E-state index is 0.0458. The van der Waals surface area contributed by atoms with E-state index in [0.29, 0.717) is 17.0 Å². The fourth-order valence-electron chi connectivity index (χ4n) is 1.32. The highest BCUT2D eigenvalue weighted by atomic mass is 19.1. The number of benzene rings is 1. The van der Waals surface area contributed by atoms with Crippen LogP contribution in [0.1, 0.15) is 5.56 Å². The summed E-state index contributed by atoms with van der Waals surface area (Å²) in [6.07, 6.45) is 0. The van der Waals surface area contributed by atoms with Gasteiger partial charge in [-0.25, -0.2) is 4.39 Å². The Kier molecular flexibility index (Phi) is 2.40. The topological polar surface area (TPSA) is 90.7 Å². The lowest BCUT2D eigenvalue weighted by atomic mass is 10.1. The van der Waals surface area contributed by atoms with Crippen molar-refractivity contribution in [2.45, 2.75) is 6.92 Å². The SMILES string of the molecule is Cc1cc(-c2nc(N)nc(N)n2)ccc1F. The second-order valence-electron chi connectivity index (χ2n) is 3.34. The smallest absolute Gasteiger partial charge is 0.225 e. The van der Waals surface area contributed by atoms with E-state index in [1.807, 2.05) is 0 Å². The van der Waals surface area contributed by atoms with Gasteiger partial charge in [0, 0.05) is 5.56 Å². The van der Waals surface area contributed by atoms with E-state index in [1.165, 1.54) is 6.07 Å². The molecule has 4 N–H and O–H groups in total. The van der Waals surface area contributed by atoms with E-state index >= 15 is 0 Å². The number of hydrogen-bond donors (Lipinski definition) is 2. The average molecular weight is 219 g/mol. The van der Waals surface area contributed by atoms with Crippen molar-refractivity contribution < 1.29 is 4.39 Å². The highest BCUT2D eigenvalue weighted by molar-refractivity contribution is 5.58. The van der Waals surface area contributed by atoms with Gasteiger partial charge in [-0.1, -0.05) is 0 Å². The molecule has 82 valence electrons. The molecule has 0 bridgehead atoms. The van der Waals surface area contributed by atoms with Gasteiger partial charge in [0.2, 0.25) is 11.9 Å². The van der Waals surface area contributed by atoms with Gasteiger partial charge in [-0.2, -0.15) is 15.0 Å². The summed E-state index contributed by atoms with van der Waals surface area (Å²) in [7, 11) is 0. The predicted molar refractivity (Wildman–Crippen MR) is 58.8 cm³/mol. The number of halogens is 1. The second-order valence-corrected chi connectivity index (χ2v) is 3.34. The lowest BCUT2D eigenvalue weighted by Crippen LogP contribution is -2.04. The number of aromatic nitrogens is 3. The summed E-state index contributed by atoms with van der Waals surface area (Å²) in [6.45, 7) is 1.66. The largest absolute Gasteiger partial charge is 0.368 e. The molecule has 0 aliphatic rings. The number of nitrogens with zero attached hydrogens (tertiary/aromatic N) is 3. The first kappa shape index (κ1) is 10.3.